The van der Waals surface area contributed by atoms with Gasteiger partial charge in [0.1, 0.15) is 5.52 Å². The Bertz CT molecular complexity index is 867. The summed E-state index contributed by atoms with van der Waals surface area (Å²) >= 11 is 3.41. The smallest absolute Gasteiger partial charge is 0.336 e. The van der Waals surface area contributed by atoms with Crippen molar-refractivity contribution in [1.29, 1.82) is 0 Å². The van der Waals surface area contributed by atoms with Crippen molar-refractivity contribution in [1.82, 2.24) is 4.98 Å². The summed E-state index contributed by atoms with van der Waals surface area (Å²) in [4.78, 5) is 16.0. The van der Waals surface area contributed by atoms with E-state index in [2.05, 4.69) is 20.9 Å². The summed E-state index contributed by atoms with van der Waals surface area (Å²) in [5.74, 6) is -0.650. The summed E-state index contributed by atoms with van der Waals surface area (Å²) in [7, 11) is 0. The minimum absolute atomic E-state index is 0.234. The van der Waals surface area contributed by atoms with Crippen LogP contribution in [0.5, 0.6) is 0 Å². The van der Waals surface area contributed by atoms with Crippen molar-refractivity contribution in [3.8, 4) is 11.5 Å². The van der Waals surface area contributed by atoms with E-state index in [1.165, 1.54) is 0 Å². The molecule has 0 aliphatic heterocycles. The van der Waals surface area contributed by atoms with Crippen LogP contribution in [0, 0.1) is 13.8 Å². The lowest BCUT2D eigenvalue weighted by molar-refractivity contribution is 0.0696. The van der Waals surface area contributed by atoms with E-state index in [1.807, 2.05) is 31.2 Å². The molecule has 0 spiro atoms. The fraction of sp³-hybridized carbons (Fsp3) is 0.125. The fourth-order valence-electron chi connectivity index (χ4n) is 2.38. The number of aryl methyl sites for hydroxylation is 2. The van der Waals surface area contributed by atoms with Crippen molar-refractivity contribution >= 4 is 33.0 Å². The number of carbonyl (C=O) groups is 1. The number of hydrogen-bond donors (Lipinski definition) is 1. The monoisotopic (exact) mass is 345 g/mol. The number of aromatic nitrogens is 1. The average molecular weight is 346 g/mol. The van der Waals surface area contributed by atoms with E-state index < -0.39 is 5.97 Å². The molecule has 3 rings (SSSR count). The van der Waals surface area contributed by atoms with Gasteiger partial charge in [-0.3, -0.25) is 0 Å². The van der Waals surface area contributed by atoms with Crippen molar-refractivity contribution < 1.29 is 14.3 Å². The van der Waals surface area contributed by atoms with Crippen LogP contribution >= 0.6 is 15.9 Å². The van der Waals surface area contributed by atoms with E-state index in [0.717, 1.165) is 10.0 Å². The van der Waals surface area contributed by atoms with Gasteiger partial charge < -0.3 is 9.52 Å². The Morgan fingerprint density at radius 2 is 1.90 bits per heavy atom. The molecule has 106 valence electrons. The molecular formula is C16H12BrNO3. The minimum Gasteiger partial charge on any atom is -0.478 e. The number of benzene rings is 2. The summed E-state index contributed by atoms with van der Waals surface area (Å²) < 4.78 is 6.58. The van der Waals surface area contributed by atoms with Crippen LogP contribution < -0.4 is 0 Å². The van der Waals surface area contributed by atoms with E-state index in [9.17, 15) is 9.90 Å². The minimum atomic E-state index is -0.979. The second-order valence-electron chi connectivity index (χ2n) is 4.86. The molecule has 5 heteroatoms. The topological polar surface area (TPSA) is 63.3 Å². The molecule has 0 aliphatic carbocycles. The van der Waals surface area contributed by atoms with E-state index in [1.54, 1.807) is 13.0 Å². The summed E-state index contributed by atoms with van der Waals surface area (Å²) in [6.45, 7) is 3.62. The first kappa shape index (κ1) is 13.8. The Balaban J connectivity index is 2.35. The molecule has 0 unspecified atom stereocenters. The molecule has 0 fully saturated rings. The first-order valence-electron chi connectivity index (χ1n) is 6.38. The van der Waals surface area contributed by atoms with Crippen LogP contribution in [0.4, 0.5) is 0 Å². The second-order valence-corrected chi connectivity index (χ2v) is 5.72. The standard InChI is InChI=1S/C16H12BrNO3/c1-8-6-7-9(2)13(16(19)20)12(8)15-18-11-5-3-4-10(17)14(11)21-15/h3-7H,1-2H3,(H,19,20). The van der Waals surface area contributed by atoms with Crippen molar-refractivity contribution in [2.24, 2.45) is 0 Å². The van der Waals surface area contributed by atoms with E-state index >= 15 is 0 Å². The summed E-state index contributed by atoms with van der Waals surface area (Å²) in [6.07, 6.45) is 0. The lowest BCUT2D eigenvalue weighted by atomic mass is 9.97. The van der Waals surface area contributed by atoms with E-state index in [0.29, 0.717) is 28.1 Å². The van der Waals surface area contributed by atoms with Gasteiger partial charge in [0.15, 0.2) is 5.58 Å². The maximum atomic E-state index is 11.6. The summed E-state index contributed by atoms with van der Waals surface area (Å²) in [5, 5.41) is 9.48. The van der Waals surface area contributed by atoms with E-state index in [-0.39, 0.29) is 5.56 Å². The Morgan fingerprint density at radius 3 is 2.57 bits per heavy atom. The van der Waals surface area contributed by atoms with Gasteiger partial charge in [-0.2, -0.15) is 0 Å². The van der Waals surface area contributed by atoms with Crippen molar-refractivity contribution in [3.05, 3.63) is 51.5 Å². The number of rotatable bonds is 2. The molecule has 0 atom stereocenters. The first-order valence-corrected chi connectivity index (χ1v) is 7.17. The highest BCUT2D eigenvalue weighted by Gasteiger charge is 2.21. The molecule has 3 aromatic rings. The largest absolute Gasteiger partial charge is 0.478 e. The zero-order chi connectivity index (χ0) is 15.1. The Labute approximate surface area is 129 Å². The van der Waals surface area contributed by atoms with Gasteiger partial charge in [-0.15, -0.1) is 0 Å². The molecule has 4 nitrogen and oxygen atoms in total. The lowest BCUT2D eigenvalue weighted by Gasteiger charge is -2.09. The number of nitrogens with zero attached hydrogens (tertiary/aromatic N) is 1. The van der Waals surface area contributed by atoms with Crippen molar-refractivity contribution in [2.75, 3.05) is 0 Å². The number of aromatic carboxylic acids is 1. The van der Waals surface area contributed by atoms with Gasteiger partial charge in [-0.05, 0) is 53.0 Å². The molecule has 0 radical (unpaired) electrons. The summed E-state index contributed by atoms with van der Waals surface area (Å²) in [5.41, 5.74) is 3.58. The van der Waals surface area contributed by atoms with Crippen LogP contribution in [0.2, 0.25) is 0 Å². The highest BCUT2D eigenvalue weighted by molar-refractivity contribution is 9.10. The number of carboxylic acids is 1. The highest BCUT2D eigenvalue weighted by atomic mass is 79.9. The molecule has 0 saturated heterocycles. The molecule has 0 aliphatic rings. The third-order valence-electron chi connectivity index (χ3n) is 3.42. The number of hydrogen-bond acceptors (Lipinski definition) is 3. The molecule has 1 N–H and O–H groups in total. The van der Waals surface area contributed by atoms with Crippen LogP contribution in [-0.4, -0.2) is 16.1 Å². The molecule has 1 heterocycles. The maximum absolute atomic E-state index is 11.6. The molecule has 21 heavy (non-hydrogen) atoms. The molecule has 0 saturated carbocycles. The molecular weight excluding hydrogens is 334 g/mol. The van der Waals surface area contributed by atoms with Gasteiger partial charge in [-0.1, -0.05) is 18.2 Å². The third kappa shape index (κ3) is 2.23. The van der Waals surface area contributed by atoms with Crippen LogP contribution in [0.25, 0.3) is 22.6 Å². The predicted octanol–water partition coefficient (Wildman–Crippen LogP) is 4.57. The molecule has 0 bridgehead atoms. The van der Waals surface area contributed by atoms with Crippen LogP contribution in [0.15, 0.2) is 39.2 Å². The zero-order valence-electron chi connectivity index (χ0n) is 11.5. The number of para-hydroxylation sites is 1. The van der Waals surface area contributed by atoms with Gasteiger partial charge in [0.05, 0.1) is 15.6 Å². The van der Waals surface area contributed by atoms with Gasteiger partial charge in [0.2, 0.25) is 5.89 Å². The Hall–Kier alpha value is -2.14. The van der Waals surface area contributed by atoms with Crippen LogP contribution in [0.3, 0.4) is 0 Å². The van der Waals surface area contributed by atoms with Crippen molar-refractivity contribution in [3.63, 3.8) is 0 Å². The molecule has 0 amide bonds. The summed E-state index contributed by atoms with van der Waals surface area (Å²) in [6, 6.07) is 9.22. The van der Waals surface area contributed by atoms with Crippen LogP contribution in [0.1, 0.15) is 21.5 Å². The predicted molar refractivity (Wildman–Crippen MR) is 83.6 cm³/mol. The first-order chi connectivity index (χ1) is 9.99. The Morgan fingerprint density at radius 1 is 1.19 bits per heavy atom. The fourth-order valence-corrected chi connectivity index (χ4v) is 2.82. The SMILES string of the molecule is Cc1ccc(C)c(-c2nc3cccc(Br)c3o2)c1C(=O)O. The normalized spacial score (nSPS) is 11.0. The molecule has 2 aromatic carbocycles. The average Bonchev–Trinajstić information content (AvgIpc) is 2.85. The maximum Gasteiger partial charge on any atom is 0.336 e. The second kappa shape index (κ2) is 5.00. The lowest BCUT2D eigenvalue weighted by Crippen LogP contribution is -2.04. The number of halogens is 1. The highest BCUT2D eigenvalue weighted by Crippen LogP contribution is 2.33. The van der Waals surface area contributed by atoms with Crippen molar-refractivity contribution in [2.45, 2.75) is 13.8 Å². The molecule has 1 aromatic heterocycles. The number of carboxylic acid groups (broad SMARTS) is 1. The zero-order valence-corrected chi connectivity index (χ0v) is 13.1. The number of oxazole rings is 1. The van der Waals surface area contributed by atoms with Crippen LogP contribution in [-0.2, 0) is 0 Å². The van der Waals surface area contributed by atoms with Gasteiger partial charge in [0, 0.05) is 0 Å². The van der Waals surface area contributed by atoms with Gasteiger partial charge >= 0.3 is 5.97 Å². The number of fused-ring (bicyclic) bond motifs is 1. The third-order valence-corrected chi connectivity index (χ3v) is 4.04. The van der Waals surface area contributed by atoms with E-state index in [4.69, 9.17) is 4.42 Å². The van der Waals surface area contributed by atoms with Gasteiger partial charge in [-0.25, -0.2) is 9.78 Å². The van der Waals surface area contributed by atoms with Gasteiger partial charge in [0.25, 0.3) is 0 Å². The Kier molecular flexibility index (Phi) is 3.29. The quantitative estimate of drug-likeness (QED) is 0.738.